The third-order valence-electron chi connectivity index (χ3n) is 1.40. The maximum Gasteiger partial charge on any atom is 0.148 e. The summed E-state index contributed by atoms with van der Waals surface area (Å²) in [7, 11) is 0. The van der Waals surface area contributed by atoms with E-state index in [9.17, 15) is 0 Å². The molecule has 0 atom stereocenters. The smallest absolute Gasteiger partial charge is 0.142 e. The highest BCUT2D eigenvalue weighted by atomic mass is 79.9. The molecular formula is C7H4BrClN2S2. The Kier molecular flexibility index (Phi) is 2.98. The summed E-state index contributed by atoms with van der Waals surface area (Å²) >= 11 is 12.2. The third-order valence-corrected chi connectivity index (χ3v) is 4.28. The van der Waals surface area contributed by atoms with Crippen LogP contribution in [0.4, 0.5) is 0 Å². The van der Waals surface area contributed by atoms with Crippen LogP contribution in [-0.4, -0.2) is 10.2 Å². The van der Waals surface area contributed by atoms with E-state index in [1.165, 1.54) is 11.3 Å². The molecule has 0 aliphatic heterocycles. The van der Waals surface area contributed by atoms with Crippen LogP contribution in [-0.2, 0) is 5.88 Å². The monoisotopic (exact) mass is 294 g/mol. The Morgan fingerprint density at radius 2 is 2.31 bits per heavy atom. The molecule has 0 bridgehead atoms. The number of aromatic nitrogens is 2. The van der Waals surface area contributed by atoms with E-state index >= 15 is 0 Å². The van der Waals surface area contributed by atoms with Crippen LogP contribution in [0.3, 0.4) is 0 Å². The molecule has 68 valence electrons. The molecule has 0 aliphatic carbocycles. The molecule has 0 N–H and O–H groups in total. The van der Waals surface area contributed by atoms with Gasteiger partial charge in [-0.1, -0.05) is 11.3 Å². The average molecular weight is 296 g/mol. The Hall–Kier alpha value is 0.0300. The second kappa shape index (κ2) is 4.04. The SMILES string of the molecule is ClCc1nnc(-c2csc(Br)c2)s1. The van der Waals surface area contributed by atoms with Gasteiger partial charge in [0.15, 0.2) is 0 Å². The molecule has 13 heavy (non-hydrogen) atoms. The highest BCUT2D eigenvalue weighted by Crippen LogP contribution is 2.30. The van der Waals surface area contributed by atoms with E-state index in [0.29, 0.717) is 5.88 Å². The first-order chi connectivity index (χ1) is 6.29. The molecule has 0 aliphatic rings. The summed E-state index contributed by atoms with van der Waals surface area (Å²) in [5, 5.41) is 11.8. The first-order valence-corrected chi connectivity index (χ1v) is 6.44. The lowest BCUT2D eigenvalue weighted by Crippen LogP contribution is -1.73. The number of halogens is 2. The van der Waals surface area contributed by atoms with Crippen molar-refractivity contribution in [3.63, 3.8) is 0 Å². The largest absolute Gasteiger partial charge is 0.148 e. The lowest BCUT2D eigenvalue weighted by molar-refractivity contribution is 1.04. The molecule has 2 aromatic rings. The van der Waals surface area contributed by atoms with E-state index in [1.54, 1.807) is 11.3 Å². The maximum atomic E-state index is 5.63. The maximum absolute atomic E-state index is 5.63. The summed E-state index contributed by atoms with van der Waals surface area (Å²) in [6.45, 7) is 0. The van der Waals surface area contributed by atoms with Gasteiger partial charge in [-0.3, -0.25) is 0 Å². The first kappa shape index (κ1) is 9.58. The van der Waals surface area contributed by atoms with Gasteiger partial charge in [0.25, 0.3) is 0 Å². The van der Waals surface area contributed by atoms with Gasteiger partial charge in [-0.25, -0.2) is 0 Å². The Balaban J connectivity index is 2.35. The zero-order valence-corrected chi connectivity index (χ0v) is 10.3. The third kappa shape index (κ3) is 2.10. The van der Waals surface area contributed by atoms with Crippen molar-refractivity contribution < 1.29 is 0 Å². The van der Waals surface area contributed by atoms with Crippen LogP contribution in [0.25, 0.3) is 10.6 Å². The van der Waals surface area contributed by atoms with Crippen LogP contribution in [0.1, 0.15) is 5.01 Å². The molecule has 0 spiro atoms. The van der Waals surface area contributed by atoms with Gasteiger partial charge in [-0.15, -0.1) is 33.1 Å². The zero-order valence-electron chi connectivity index (χ0n) is 6.33. The quantitative estimate of drug-likeness (QED) is 0.788. The predicted molar refractivity (Wildman–Crippen MR) is 60.5 cm³/mol. The van der Waals surface area contributed by atoms with Crippen LogP contribution in [0.2, 0.25) is 0 Å². The van der Waals surface area contributed by atoms with Gasteiger partial charge < -0.3 is 0 Å². The number of nitrogens with zero attached hydrogens (tertiary/aromatic N) is 2. The van der Waals surface area contributed by atoms with Gasteiger partial charge in [0, 0.05) is 10.9 Å². The van der Waals surface area contributed by atoms with E-state index in [-0.39, 0.29) is 0 Å². The summed E-state index contributed by atoms with van der Waals surface area (Å²) in [5.74, 6) is 0.434. The second-order valence-electron chi connectivity index (χ2n) is 2.27. The number of alkyl halides is 1. The van der Waals surface area contributed by atoms with Crippen LogP contribution in [0.5, 0.6) is 0 Å². The summed E-state index contributed by atoms with van der Waals surface area (Å²) in [6, 6.07) is 2.03. The lowest BCUT2D eigenvalue weighted by atomic mass is 10.4. The lowest BCUT2D eigenvalue weighted by Gasteiger charge is -1.83. The standard InChI is InChI=1S/C7H4BrClN2S2/c8-5-1-4(3-12-5)7-11-10-6(2-9)13-7/h1,3H,2H2. The topological polar surface area (TPSA) is 25.8 Å². The van der Waals surface area contributed by atoms with Crippen molar-refractivity contribution in [1.29, 1.82) is 0 Å². The van der Waals surface area contributed by atoms with Crippen molar-refractivity contribution in [3.8, 4) is 10.6 Å². The zero-order chi connectivity index (χ0) is 9.26. The number of rotatable bonds is 2. The van der Waals surface area contributed by atoms with Crippen molar-refractivity contribution in [2.24, 2.45) is 0 Å². The molecule has 0 unspecified atom stereocenters. The molecule has 2 nitrogen and oxygen atoms in total. The fourth-order valence-electron chi connectivity index (χ4n) is 0.846. The minimum absolute atomic E-state index is 0.434. The molecule has 0 aromatic carbocycles. The van der Waals surface area contributed by atoms with Gasteiger partial charge in [0.2, 0.25) is 0 Å². The van der Waals surface area contributed by atoms with Crippen molar-refractivity contribution in [3.05, 3.63) is 20.2 Å². The van der Waals surface area contributed by atoms with Gasteiger partial charge >= 0.3 is 0 Å². The fraction of sp³-hybridized carbons (Fsp3) is 0.143. The Bertz CT molecular complexity index is 412. The number of thiophene rings is 1. The second-order valence-corrected chi connectivity index (χ2v) is 5.89. The average Bonchev–Trinajstić information content (AvgIpc) is 2.71. The van der Waals surface area contributed by atoms with E-state index in [0.717, 1.165) is 19.4 Å². The molecule has 0 saturated carbocycles. The molecule has 6 heteroatoms. The molecule has 0 radical (unpaired) electrons. The Labute approximate surface area is 96.7 Å². The van der Waals surface area contributed by atoms with Crippen molar-refractivity contribution in [1.82, 2.24) is 10.2 Å². The van der Waals surface area contributed by atoms with E-state index < -0.39 is 0 Å². The molecule has 2 rings (SSSR count). The normalized spacial score (nSPS) is 10.6. The summed E-state index contributed by atoms with van der Waals surface area (Å²) < 4.78 is 1.10. The molecule has 2 aromatic heterocycles. The minimum atomic E-state index is 0.434. The fourth-order valence-corrected chi connectivity index (χ4v) is 2.96. The van der Waals surface area contributed by atoms with Crippen molar-refractivity contribution in [2.45, 2.75) is 5.88 Å². The van der Waals surface area contributed by atoms with E-state index in [2.05, 4.69) is 26.1 Å². The van der Waals surface area contributed by atoms with Gasteiger partial charge in [-0.2, -0.15) is 0 Å². The molecular weight excluding hydrogens is 292 g/mol. The van der Waals surface area contributed by atoms with E-state index in [4.69, 9.17) is 11.6 Å². The Morgan fingerprint density at radius 1 is 1.46 bits per heavy atom. The van der Waals surface area contributed by atoms with Crippen molar-refractivity contribution >= 4 is 50.2 Å². The Morgan fingerprint density at radius 3 is 2.85 bits per heavy atom. The number of hydrogen-bond acceptors (Lipinski definition) is 4. The van der Waals surface area contributed by atoms with Crippen LogP contribution in [0, 0.1) is 0 Å². The summed E-state index contributed by atoms with van der Waals surface area (Å²) in [4.78, 5) is 0. The highest BCUT2D eigenvalue weighted by molar-refractivity contribution is 9.11. The molecule has 0 amide bonds. The van der Waals surface area contributed by atoms with Crippen LogP contribution in [0.15, 0.2) is 15.2 Å². The van der Waals surface area contributed by atoms with Gasteiger partial charge in [-0.05, 0) is 22.0 Å². The minimum Gasteiger partial charge on any atom is -0.142 e. The predicted octanol–water partition coefficient (Wildman–Crippen LogP) is 3.77. The number of hydrogen-bond donors (Lipinski definition) is 0. The molecule has 2 heterocycles. The molecule has 0 fully saturated rings. The van der Waals surface area contributed by atoms with Gasteiger partial charge in [0.1, 0.15) is 10.0 Å². The highest BCUT2D eigenvalue weighted by Gasteiger charge is 2.07. The van der Waals surface area contributed by atoms with Crippen LogP contribution < -0.4 is 0 Å². The summed E-state index contributed by atoms with van der Waals surface area (Å²) in [6.07, 6.45) is 0. The van der Waals surface area contributed by atoms with E-state index in [1.807, 2.05) is 11.4 Å². The molecule has 0 saturated heterocycles. The summed E-state index contributed by atoms with van der Waals surface area (Å²) in [5.41, 5.74) is 1.10. The first-order valence-electron chi connectivity index (χ1n) is 3.42. The van der Waals surface area contributed by atoms with Gasteiger partial charge in [0.05, 0.1) is 9.67 Å². The van der Waals surface area contributed by atoms with Crippen LogP contribution >= 0.6 is 50.2 Å². The van der Waals surface area contributed by atoms with Crippen molar-refractivity contribution in [2.75, 3.05) is 0 Å².